The fourth-order valence-electron chi connectivity index (χ4n) is 4.55. The summed E-state index contributed by atoms with van der Waals surface area (Å²) in [5, 5.41) is 17.9. The number of nitrogens with zero attached hydrogens (tertiary/aromatic N) is 4. The molecule has 34 heavy (non-hydrogen) atoms. The molecule has 2 aliphatic heterocycles. The van der Waals surface area contributed by atoms with Crippen molar-refractivity contribution in [2.24, 2.45) is 0 Å². The summed E-state index contributed by atoms with van der Waals surface area (Å²) >= 11 is 6.60. The molecule has 4 heterocycles. The van der Waals surface area contributed by atoms with E-state index >= 15 is 0 Å². The summed E-state index contributed by atoms with van der Waals surface area (Å²) in [6.07, 6.45) is 2.06. The van der Waals surface area contributed by atoms with E-state index in [1.807, 2.05) is 12.1 Å². The minimum absolute atomic E-state index is 0.197. The second-order valence-corrected chi connectivity index (χ2v) is 9.24. The van der Waals surface area contributed by atoms with Crippen LogP contribution in [0.4, 0.5) is 6.01 Å². The van der Waals surface area contributed by atoms with Crippen LogP contribution in [0.3, 0.4) is 0 Å². The first kappa shape index (κ1) is 20.8. The number of benzene rings is 1. The number of amides is 3. The number of fused-ring (bicyclic) bond motifs is 1. The summed E-state index contributed by atoms with van der Waals surface area (Å²) in [7, 11) is 0. The Morgan fingerprint density at radius 2 is 2.03 bits per heavy atom. The number of carbonyl (C=O) groups is 3. The van der Waals surface area contributed by atoms with E-state index < -0.39 is 17.5 Å². The van der Waals surface area contributed by atoms with Gasteiger partial charge >= 0.3 is 6.01 Å². The summed E-state index contributed by atoms with van der Waals surface area (Å²) < 4.78 is 10.9. The third-order valence-corrected chi connectivity index (χ3v) is 6.85. The molecule has 2 fully saturated rings. The number of hydrogen-bond acceptors (Lipinski definition) is 9. The molecule has 1 saturated carbocycles. The van der Waals surface area contributed by atoms with Gasteiger partial charge in [0.2, 0.25) is 17.6 Å². The van der Waals surface area contributed by atoms with Crippen molar-refractivity contribution in [3.63, 3.8) is 0 Å². The predicted molar refractivity (Wildman–Crippen MR) is 117 cm³/mol. The number of carbonyl (C=O) groups excluding carboxylic acids is 3. The first-order chi connectivity index (χ1) is 16.3. The Kier molecular flexibility index (Phi) is 4.53. The Hall–Kier alpha value is -3.73. The first-order valence-electron chi connectivity index (χ1n) is 10.9. The number of nitrogens with one attached hydrogen (secondary N) is 2. The van der Waals surface area contributed by atoms with E-state index in [0.29, 0.717) is 34.0 Å². The molecule has 11 nitrogen and oxygen atoms in total. The molecule has 3 amide bonds. The van der Waals surface area contributed by atoms with Gasteiger partial charge in [-0.2, -0.15) is 0 Å². The lowest BCUT2D eigenvalue weighted by Gasteiger charge is -2.29. The maximum atomic E-state index is 13.2. The number of anilines is 1. The van der Waals surface area contributed by atoms with Gasteiger partial charge in [-0.1, -0.05) is 21.9 Å². The number of halogens is 1. The van der Waals surface area contributed by atoms with Gasteiger partial charge in [-0.15, -0.1) is 5.10 Å². The summed E-state index contributed by atoms with van der Waals surface area (Å²) in [6, 6.07) is 4.87. The van der Waals surface area contributed by atoms with Crippen molar-refractivity contribution in [2.75, 3.05) is 5.32 Å². The highest BCUT2D eigenvalue weighted by Crippen LogP contribution is 2.50. The molecule has 12 heteroatoms. The molecule has 1 aliphatic carbocycles. The van der Waals surface area contributed by atoms with Crippen LogP contribution < -0.4 is 10.6 Å². The minimum atomic E-state index is -0.693. The number of rotatable bonds is 5. The Balaban J connectivity index is 1.25. The van der Waals surface area contributed by atoms with E-state index in [0.717, 1.165) is 18.4 Å². The lowest BCUT2D eigenvalue weighted by Crippen LogP contribution is -2.52. The van der Waals surface area contributed by atoms with Crippen LogP contribution in [-0.4, -0.2) is 44.0 Å². The molecule has 6 rings (SSSR count). The van der Waals surface area contributed by atoms with Crippen molar-refractivity contribution in [3.8, 4) is 11.7 Å². The molecule has 1 unspecified atom stereocenters. The third kappa shape index (κ3) is 3.35. The van der Waals surface area contributed by atoms with Crippen LogP contribution in [0.25, 0.3) is 11.7 Å². The van der Waals surface area contributed by atoms with Gasteiger partial charge in [-0.05, 0) is 43.9 Å². The quantitative estimate of drug-likeness (QED) is 0.524. The molecular weight excluding hydrogens is 464 g/mol. The molecule has 1 atom stereocenters. The van der Waals surface area contributed by atoms with Crippen LogP contribution in [0.2, 0.25) is 5.02 Å². The number of aryl methyl sites for hydroxylation is 1. The monoisotopic (exact) mass is 482 g/mol. The van der Waals surface area contributed by atoms with Crippen LogP contribution in [0, 0.1) is 6.92 Å². The second-order valence-electron chi connectivity index (χ2n) is 8.84. The van der Waals surface area contributed by atoms with Crippen LogP contribution in [0.15, 0.2) is 27.1 Å². The van der Waals surface area contributed by atoms with Gasteiger partial charge in [0.1, 0.15) is 6.04 Å². The maximum Gasteiger partial charge on any atom is 0.316 e. The second kappa shape index (κ2) is 7.39. The van der Waals surface area contributed by atoms with Gasteiger partial charge in [-0.25, -0.2) is 0 Å². The average Bonchev–Trinajstić information content (AvgIpc) is 3.08. The Labute approximate surface area is 197 Å². The third-order valence-electron chi connectivity index (χ3n) is 6.51. The van der Waals surface area contributed by atoms with Crippen molar-refractivity contribution in [3.05, 3.63) is 45.6 Å². The topological polar surface area (TPSA) is 143 Å². The SMILES string of the molecule is Cc1cc(-c2nnc(NC3(c4cc(Cl)c5c(c4)C(=O)N(C4CCC(=O)NC4=O)C5)CC3)o2)on1. The fraction of sp³-hybridized carbons (Fsp3) is 0.364. The highest BCUT2D eigenvalue weighted by molar-refractivity contribution is 6.32. The molecule has 1 saturated heterocycles. The van der Waals surface area contributed by atoms with Gasteiger partial charge in [0, 0.05) is 35.2 Å². The summed E-state index contributed by atoms with van der Waals surface area (Å²) in [5.41, 5.74) is 2.16. The van der Waals surface area contributed by atoms with E-state index in [4.69, 9.17) is 20.5 Å². The zero-order valence-electron chi connectivity index (χ0n) is 18.1. The van der Waals surface area contributed by atoms with Gasteiger partial charge in [0.05, 0.1) is 11.2 Å². The summed E-state index contributed by atoms with van der Waals surface area (Å²) in [5.74, 6) is -0.466. The van der Waals surface area contributed by atoms with E-state index in [1.54, 1.807) is 13.0 Å². The molecule has 2 aromatic heterocycles. The van der Waals surface area contributed by atoms with Gasteiger partial charge < -0.3 is 19.2 Å². The highest BCUT2D eigenvalue weighted by Gasteiger charge is 2.48. The first-order valence-corrected chi connectivity index (χ1v) is 11.2. The number of aromatic nitrogens is 3. The van der Waals surface area contributed by atoms with E-state index in [1.165, 1.54) is 4.90 Å². The van der Waals surface area contributed by atoms with Crippen molar-refractivity contribution >= 4 is 35.3 Å². The lowest BCUT2D eigenvalue weighted by molar-refractivity contribution is -0.136. The van der Waals surface area contributed by atoms with Crippen molar-refractivity contribution in [2.45, 2.75) is 50.7 Å². The standard InChI is InChI=1S/C22H19ClN6O5/c1-10-6-16(34-28-10)19-26-27-21(33-19)25-22(4-5-22)11-7-12-13(14(23)8-11)9-29(20(12)32)15-2-3-17(30)24-18(15)31/h6-8,15H,2-5,9H2,1H3,(H,25,27)(H,24,30,31). The van der Waals surface area contributed by atoms with E-state index in [-0.39, 0.29) is 36.7 Å². The summed E-state index contributed by atoms with van der Waals surface area (Å²) in [6.45, 7) is 2.02. The molecule has 174 valence electrons. The van der Waals surface area contributed by atoms with E-state index in [2.05, 4.69) is 26.0 Å². The maximum absolute atomic E-state index is 13.2. The smallest absolute Gasteiger partial charge is 0.316 e. The largest absolute Gasteiger partial charge is 0.400 e. The molecule has 2 N–H and O–H groups in total. The average molecular weight is 483 g/mol. The zero-order valence-corrected chi connectivity index (χ0v) is 18.8. The van der Waals surface area contributed by atoms with Gasteiger partial charge in [0.15, 0.2) is 0 Å². The zero-order chi connectivity index (χ0) is 23.6. The Morgan fingerprint density at radius 1 is 1.21 bits per heavy atom. The van der Waals surface area contributed by atoms with Crippen LogP contribution in [0.5, 0.6) is 0 Å². The van der Waals surface area contributed by atoms with Crippen LogP contribution in [0.1, 0.15) is 52.9 Å². The summed E-state index contributed by atoms with van der Waals surface area (Å²) in [4.78, 5) is 38.5. The highest BCUT2D eigenvalue weighted by atomic mass is 35.5. The fourth-order valence-corrected chi connectivity index (χ4v) is 4.82. The number of imide groups is 1. The van der Waals surface area contributed by atoms with Crippen molar-refractivity contribution in [1.82, 2.24) is 25.6 Å². The Morgan fingerprint density at radius 3 is 2.74 bits per heavy atom. The van der Waals surface area contributed by atoms with Crippen LogP contribution in [-0.2, 0) is 21.7 Å². The number of hydrogen-bond donors (Lipinski definition) is 2. The number of piperidine rings is 1. The molecule has 1 aromatic carbocycles. The van der Waals surface area contributed by atoms with Gasteiger partial charge in [0.25, 0.3) is 11.8 Å². The van der Waals surface area contributed by atoms with Crippen molar-refractivity contribution in [1.29, 1.82) is 0 Å². The molecule has 0 radical (unpaired) electrons. The van der Waals surface area contributed by atoms with Gasteiger partial charge in [-0.3, -0.25) is 19.7 Å². The normalized spacial score (nSPS) is 20.9. The lowest BCUT2D eigenvalue weighted by atomic mass is 9.99. The molecule has 3 aliphatic rings. The predicted octanol–water partition coefficient (Wildman–Crippen LogP) is 2.55. The van der Waals surface area contributed by atoms with E-state index in [9.17, 15) is 14.4 Å². The Bertz CT molecular complexity index is 1360. The molecular formula is C22H19ClN6O5. The molecule has 0 bridgehead atoms. The molecule has 3 aromatic rings. The van der Waals surface area contributed by atoms with Crippen LogP contribution >= 0.6 is 11.6 Å². The molecule has 0 spiro atoms. The van der Waals surface area contributed by atoms with Crippen molar-refractivity contribution < 1.29 is 23.3 Å². The minimum Gasteiger partial charge on any atom is -0.400 e.